The van der Waals surface area contributed by atoms with Gasteiger partial charge < -0.3 is 29.7 Å². The Kier molecular flexibility index (Phi) is 12.1. The van der Waals surface area contributed by atoms with E-state index in [0.29, 0.717) is 17.7 Å². The summed E-state index contributed by atoms with van der Waals surface area (Å²) in [5.41, 5.74) is 0.729. The normalized spacial score (nSPS) is 25.0. The molecule has 7 rings (SSSR count). The Morgan fingerprint density at radius 3 is 2.37 bits per heavy atom. The third-order valence-electron chi connectivity index (χ3n) is 11.6. The largest absolute Gasteiger partial charge is 0.455 e. The van der Waals surface area contributed by atoms with E-state index in [1.165, 1.54) is 4.90 Å². The number of carbonyl (C=O) groups is 4. The van der Waals surface area contributed by atoms with Crippen LogP contribution in [0.3, 0.4) is 0 Å². The lowest BCUT2D eigenvalue weighted by atomic mass is 9.70. The number of carbonyl (C=O) groups excluding carboxylic acids is 4. The Morgan fingerprint density at radius 2 is 1.68 bits per heavy atom. The van der Waals surface area contributed by atoms with Crippen molar-refractivity contribution in [3.05, 3.63) is 140 Å². The number of likely N-dealkylation sites (tertiary alicyclic amines) is 1. The number of alkyl halides is 1. The number of allylic oxidation sites excluding steroid dienone is 1. The van der Waals surface area contributed by atoms with Crippen LogP contribution in [-0.2, 0) is 35.1 Å². The number of amides is 3. The molecule has 10 nitrogen and oxygen atoms in total. The zero-order valence-electron chi connectivity index (χ0n) is 31.9. The van der Waals surface area contributed by atoms with Gasteiger partial charge in [-0.3, -0.25) is 19.2 Å². The van der Waals surface area contributed by atoms with Crippen LogP contribution in [0.25, 0.3) is 10.8 Å². The van der Waals surface area contributed by atoms with Gasteiger partial charge in [-0.15, -0.1) is 13.2 Å². The van der Waals surface area contributed by atoms with Gasteiger partial charge in [0.05, 0.1) is 36.6 Å². The summed E-state index contributed by atoms with van der Waals surface area (Å²) < 4.78 is 13.2. The van der Waals surface area contributed by atoms with E-state index in [1.54, 1.807) is 24.0 Å². The zero-order chi connectivity index (χ0) is 40.3. The molecule has 57 heavy (non-hydrogen) atoms. The number of aliphatic hydroxyl groups excluding tert-OH is 1. The Bertz CT molecular complexity index is 2130. The molecule has 0 aromatic heterocycles. The highest BCUT2D eigenvalue weighted by Crippen LogP contribution is 2.61. The smallest absolute Gasteiger partial charge is 0.313 e. The SMILES string of the molecule is C=CCCC(=O)N[C@@H](C)[C@H](OC(=O)[C@@H]1[C@H]2O[C@@]3(CC2Br)[C@H](C(=O)N(CC=C)c2ccc4ccccc4c2)N([C@@H](CO)Cc2ccccc2)C(=O)[C@@H]13)c1ccccc1. The van der Waals surface area contributed by atoms with Crippen molar-refractivity contribution in [2.24, 2.45) is 11.8 Å². The van der Waals surface area contributed by atoms with Crippen molar-refractivity contribution in [1.29, 1.82) is 0 Å². The van der Waals surface area contributed by atoms with Crippen molar-refractivity contribution in [2.45, 2.75) is 73.4 Å². The van der Waals surface area contributed by atoms with Crippen LogP contribution in [0.5, 0.6) is 0 Å². The van der Waals surface area contributed by atoms with E-state index in [4.69, 9.17) is 9.47 Å². The number of nitrogens with one attached hydrogen (secondary N) is 1. The summed E-state index contributed by atoms with van der Waals surface area (Å²) in [6.45, 7) is 9.14. The number of esters is 1. The van der Waals surface area contributed by atoms with Crippen molar-refractivity contribution >= 4 is 56.1 Å². The predicted molar refractivity (Wildman–Crippen MR) is 222 cm³/mol. The van der Waals surface area contributed by atoms with Crippen LogP contribution in [0.15, 0.2) is 128 Å². The molecule has 3 aliphatic heterocycles. The van der Waals surface area contributed by atoms with Crippen molar-refractivity contribution in [2.75, 3.05) is 18.1 Å². The highest BCUT2D eigenvalue weighted by atomic mass is 79.9. The molecule has 1 spiro atoms. The Morgan fingerprint density at radius 1 is 1.00 bits per heavy atom. The molecule has 3 heterocycles. The van der Waals surface area contributed by atoms with Gasteiger partial charge >= 0.3 is 5.97 Å². The van der Waals surface area contributed by atoms with Crippen LogP contribution in [-0.4, -0.2) is 81.5 Å². The first-order valence-electron chi connectivity index (χ1n) is 19.5. The van der Waals surface area contributed by atoms with Crippen molar-refractivity contribution < 1.29 is 33.8 Å². The van der Waals surface area contributed by atoms with E-state index in [9.17, 15) is 14.7 Å². The maximum absolute atomic E-state index is 15.4. The van der Waals surface area contributed by atoms with Gasteiger partial charge in [0.25, 0.3) is 5.91 Å². The van der Waals surface area contributed by atoms with Crippen LogP contribution in [0.1, 0.15) is 43.4 Å². The quantitative estimate of drug-likeness (QED) is 0.0754. The molecule has 4 aromatic rings. The third kappa shape index (κ3) is 7.68. The van der Waals surface area contributed by atoms with Crippen molar-refractivity contribution in [3.63, 3.8) is 0 Å². The number of fused-ring (bicyclic) bond motifs is 2. The molecule has 3 saturated heterocycles. The second kappa shape index (κ2) is 17.2. The number of hydrogen-bond acceptors (Lipinski definition) is 7. The fourth-order valence-corrected chi connectivity index (χ4v) is 9.97. The lowest BCUT2D eigenvalue weighted by Gasteiger charge is -2.39. The van der Waals surface area contributed by atoms with E-state index < -0.39 is 77.0 Å². The third-order valence-corrected chi connectivity index (χ3v) is 12.4. The van der Waals surface area contributed by atoms with Crippen LogP contribution < -0.4 is 10.2 Å². The molecule has 2 bridgehead atoms. The highest BCUT2D eigenvalue weighted by Gasteiger charge is 2.77. The van der Waals surface area contributed by atoms with Gasteiger partial charge in [-0.1, -0.05) is 119 Å². The van der Waals surface area contributed by atoms with Crippen molar-refractivity contribution in [3.8, 4) is 0 Å². The summed E-state index contributed by atoms with van der Waals surface area (Å²) in [7, 11) is 0. The van der Waals surface area contributed by atoms with Gasteiger partial charge in [0, 0.05) is 23.5 Å². The number of rotatable bonds is 16. The number of aliphatic hydroxyl groups is 1. The fraction of sp³-hybridized carbons (Fsp3) is 0.348. The Labute approximate surface area is 341 Å². The second-order valence-corrected chi connectivity index (χ2v) is 16.3. The molecular formula is C46H48BrN3O7. The molecule has 2 N–H and O–H groups in total. The monoisotopic (exact) mass is 833 g/mol. The van der Waals surface area contributed by atoms with E-state index in [2.05, 4.69) is 34.4 Å². The lowest BCUT2D eigenvalue weighted by Crippen LogP contribution is -2.59. The topological polar surface area (TPSA) is 125 Å². The molecule has 296 valence electrons. The standard InChI is InChI=1S/C46H48BrN3O7/c1-4-6-21-37(52)48-29(3)40(32-18-11-8-12-19-32)56-45(55)38-39-43(53)50(35(28-51)25-30-15-9-7-10-16-30)42(46(39)27-36(47)41(38)57-46)44(54)49(24-5-2)34-23-22-31-17-13-14-20-33(31)26-34/h4-5,7-20,22-23,26,29,35-36,38-42,51H,1-2,6,21,24-25,27-28H2,3H3,(H,48,52)/t29-,35+,36?,38-,39+,40-,41-,42-,46+/m0/s1. The average molecular weight is 835 g/mol. The van der Waals surface area contributed by atoms with E-state index in [0.717, 1.165) is 16.3 Å². The van der Waals surface area contributed by atoms with Gasteiger partial charge in [0.1, 0.15) is 17.7 Å². The molecule has 4 aromatic carbocycles. The Balaban J connectivity index is 1.28. The summed E-state index contributed by atoms with van der Waals surface area (Å²) in [6, 6.07) is 29.6. The van der Waals surface area contributed by atoms with Gasteiger partial charge in [-0.25, -0.2) is 0 Å². The van der Waals surface area contributed by atoms with Gasteiger partial charge in [0.15, 0.2) is 0 Å². The minimum absolute atomic E-state index is 0.140. The molecule has 9 atom stereocenters. The number of benzene rings is 4. The Hall–Kier alpha value is -5.10. The molecule has 11 heteroatoms. The molecule has 0 saturated carbocycles. The lowest BCUT2D eigenvalue weighted by molar-refractivity contribution is -0.162. The van der Waals surface area contributed by atoms with Gasteiger partial charge in [-0.2, -0.15) is 0 Å². The molecule has 3 amide bonds. The average Bonchev–Trinajstić information content (AvgIpc) is 3.83. The number of halogens is 1. The highest BCUT2D eigenvalue weighted by molar-refractivity contribution is 9.09. The van der Waals surface area contributed by atoms with Crippen LogP contribution >= 0.6 is 15.9 Å². The second-order valence-electron chi connectivity index (χ2n) is 15.2. The van der Waals surface area contributed by atoms with Crippen molar-refractivity contribution in [1.82, 2.24) is 10.2 Å². The number of anilines is 1. The summed E-state index contributed by atoms with van der Waals surface area (Å²) in [5, 5.41) is 15.9. The van der Waals surface area contributed by atoms with Gasteiger partial charge in [-0.05, 0) is 60.2 Å². The fourth-order valence-electron chi connectivity index (χ4n) is 9.03. The van der Waals surface area contributed by atoms with E-state index >= 15 is 9.59 Å². The summed E-state index contributed by atoms with van der Waals surface area (Å²) in [5.74, 6) is -3.91. The van der Waals surface area contributed by atoms with Crippen LogP contribution in [0.4, 0.5) is 5.69 Å². The first-order chi connectivity index (χ1) is 27.6. The number of nitrogens with zero attached hydrogens (tertiary/aromatic N) is 2. The summed E-state index contributed by atoms with van der Waals surface area (Å²) in [6.07, 6.45) is 2.89. The first kappa shape index (κ1) is 40.1. The first-order valence-corrected chi connectivity index (χ1v) is 20.4. The van der Waals surface area contributed by atoms with E-state index in [-0.39, 0.29) is 31.7 Å². The van der Waals surface area contributed by atoms with Crippen LogP contribution in [0.2, 0.25) is 0 Å². The molecule has 3 fully saturated rings. The maximum Gasteiger partial charge on any atom is 0.313 e. The van der Waals surface area contributed by atoms with E-state index in [1.807, 2.05) is 103 Å². The van der Waals surface area contributed by atoms with Gasteiger partial charge in [0.2, 0.25) is 11.8 Å². The van der Waals surface area contributed by atoms with Crippen LogP contribution in [0, 0.1) is 11.8 Å². The molecule has 0 radical (unpaired) electrons. The predicted octanol–water partition coefficient (Wildman–Crippen LogP) is 6.47. The molecule has 1 unspecified atom stereocenters. The number of hydrogen-bond donors (Lipinski definition) is 2. The minimum atomic E-state index is -1.43. The zero-order valence-corrected chi connectivity index (χ0v) is 33.5. The summed E-state index contributed by atoms with van der Waals surface area (Å²) >= 11 is 3.78. The minimum Gasteiger partial charge on any atom is -0.455 e. The number of ether oxygens (including phenoxy) is 2. The summed E-state index contributed by atoms with van der Waals surface area (Å²) in [4.78, 5) is 60.8. The maximum atomic E-state index is 15.4. The molecular weight excluding hydrogens is 786 g/mol. The molecule has 0 aliphatic carbocycles. The molecule has 3 aliphatic rings.